The summed E-state index contributed by atoms with van der Waals surface area (Å²) in [6.07, 6.45) is -5.20. The Kier molecular flexibility index (Phi) is 8.02. The van der Waals surface area contributed by atoms with E-state index in [1.165, 1.54) is 7.11 Å². The van der Waals surface area contributed by atoms with Crippen molar-refractivity contribution in [3.63, 3.8) is 0 Å². The molecule has 0 aliphatic heterocycles. The number of aromatic carboxylic acids is 1. The standard InChI is InChI=1S/C25H23F5N6O4/c1-3-4-17(21-31-19(23(37)38)20(32-21)24(26,27)25(28,29)30)13-5-8-15(9-6-13)40-12-14-7-10-16(39-2)11-18(14)22-33-35-36-34-22/h5-11,17H,3-4,12H2,1-2H3,(H,31,32)(H,37,38)(H,33,34,35,36). The molecule has 0 aliphatic carbocycles. The number of carboxylic acids is 1. The molecule has 0 aliphatic rings. The van der Waals surface area contributed by atoms with Gasteiger partial charge in [0.15, 0.2) is 5.69 Å². The SMILES string of the molecule is CCCC(c1ccc(OCc2ccc(OC)cc2-c2nn[nH]n2)cc1)c1nc(C(=O)O)c(C(F)(F)C(F)(F)F)[nH]1. The Morgan fingerprint density at radius 1 is 1.07 bits per heavy atom. The molecule has 2 heterocycles. The van der Waals surface area contributed by atoms with Crippen LogP contribution in [-0.2, 0) is 12.5 Å². The fraction of sp³-hybridized carbons (Fsp3) is 0.320. The van der Waals surface area contributed by atoms with Crippen molar-refractivity contribution in [3.8, 4) is 22.9 Å². The first-order chi connectivity index (χ1) is 19.0. The second kappa shape index (κ2) is 11.3. The van der Waals surface area contributed by atoms with E-state index in [2.05, 4.69) is 25.6 Å². The van der Waals surface area contributed by atoms with Crippen LogP contribution in [0.4, 0.5) is 22.0 Å². The summed E-state index contributed by atoms with van der Waals surface area (Å²) >= 11 is 0. The second-order valence-electron chi connectivity index (χ2n) is 8.68. The minimum Gasteiger partial charge on any atom is -0.497 e. The topological polar surface area (TPSA) is 139 Å². The quantitative estimate of drug-likeness (QED) is 0.203. The van der Waals surface area contributed by atoms with Crippen LogP contribution in [0.2, 0.25) is 0 Å². The van der Waals surface area contributed by atoms with E-state index in [9.17, 15) is 31.9 Å². The van der Waals surface area contributed by atoms with Crippen LogP contribution in [0, 0.1) is 0 Å². The lowest BCUT2D eigenvalue weighted by atomic mass is 9.94. The van der Waals surface area contributed by atoms with Gasteiger partial charge in [-0.25, -0.2) is 9.78 Å². The molecule has 0 amide bonds. The predicted octanol–water partition coefficient (Wildman–Crippen LogP) is 5.46. The van der Waals surface area contributed by atoms with Crippen LogP contribution in [0.15, 0.2) is 42.5 Å². The number of halogens is 5. The van der Waals surface area contributed by atoms with Gasteiger partial charge in [-0.1, -0.05) is 31.5 Å². The molecular weight excluding hydrogens is 543 g/mol. The number of aromatic amines is 2. The highest BCUT2D eigenvalue weighted by Gasteiger charge is 2.61. The van der Waals surface area contributed by atoms with Gasteiger partial charge in [-0.15, -0.1) is 10.2 Å². The smallest absolute Gasteiger partial charge is 0.459 e. The van der Waals surface area contributed by atoms with E-state index in [4.69, 9.17) is 9.47 Å². The molecule has 0 fully saturated rings. The normalized spacial score (nSPS) is 12.8. The van der Waals surface area contributed by atoms with Crippen LogP contribution >= 0.6 is 0 Å². The molecule has 0 saturated heterocycles. The molecule has 1 atom stereocenters. The van der Waals surface area contributed by atoms with Crippen molar-refractivity contribution in [2.75, 3.05) is 7.11 Å². The fourth-order valence-corrected chi connectivity index (χ4v) is 4.08. The average molecular weight is 566 g/mol. The van der Waals surface area contributed by atoms with Gasteiger partial charge in [0, 0.05) is 17.0 Å². The first-order valence-electron chi connectivity index (χ1n) is 11.9. The molecule has 0 bridgehead atoms. The minimum absolute atomic E-state index is 0.113. The Bertz CT molecular complexity index is 1460. The van der Waals surface area contributed by atoms with Crippen LogP contribution in [-0.4, -0.2) is 55.0 Å². The zero-order valence-corrected chi connectivity index (χ0v) is 21.1. The zero-order valence-electron chi connectivity index (χ0n) is 21.1. The summed E-state index contributed by atoms with van der Waals surface area (Å²) in [7, 11) is 1.52. The van der Waals surface area contributed by atoms with Gasteiger partial charge in [0.2, 0.25) is 5.82 Å². The van der Waals surface area contributed by atoms with Crippen LogP contribution in [0.5, 0.6) is 11.5 Å². The highest BCUT2D eigenvalue weighted by atomic mass is 19.4. The predicted molar refractivity (Wildman–Crippen MR) is 129 cm³/mol. The number of hydrogen-bond acceptors (Lipinski definition) is 7. The van der Waals surface area contributed by atoms with Gasteiger partial charge in [0.25, 0.3) is 0 Å². The van der Waals surface area contributed by atoms with Gasteiger partial charge < -0.3 is 19.6 Å². The van der Waals surface area contributed by atoms with E-state index in [0.29, 0.717) is 41.3 Å². The number of methoxy groups -OCH3 is 1. The number of alkyl halides is 5. The average Bonchev–Trinajstić information content (AvgIpc) is 3.61. The van der Waals surface area contributed by atoms with Gasteiger partial charge in [0.1, 0.15) is 29.6 Å². The molecular formula is C25H23F5N6O4. The molecule has 2 aromatic carbocycles. The fourth-order valence-electron chi connectivity index (χ4n) is 4.08. The van der Waals surface area contributed by atoms with Crippen LogP contribution in [0.3, 0.4) is 0 Å². The van der Waals surface area contributed by atoms with Gasteiger partial charge in [-0.3, -0.25) is 0 Å². The molecule has 10 nitrogen and oxygen atoms in total. The minimum atomic E-state index is -6.01. The molecule has 15 heteroatoms. The maximum absolute atomic E-state index is 14.1. The third-order valence-corrected chi connectivity index (χ3v) is 6.08. The number of aromatic nitrogens is 6. The van der Waals surface area contributed by atoms with Gasteiger partial charge in [-0.05, 0) is 41.5 Å². The van der Waals surface area contributed by atoms with Crippen molar-refractivity contribution in [1.82, 2.24) is 30.6 Å². The Balaban J connectivity index is 1.58. The lowest BCUT2D eigenvalue weighted by molar-refractivity contribution is -0.291. The number of hydrogen-bond donors (Lipinski definition) is 3. The second-order valence-corrected chi connectivity index (χ2v) is 8.68. The molecule has 2 aromatic heterocycles. The van der Waals surface area contributed by atoms with Crippen LogP contribution < -0.4 is 9.47 Å². The van der Waals surface area contributed by atoms with Crippen molar-refractivity contribution in [3.05, 3.63) is 70.8 Å². The summed E-state index contributed by atoms with van der Waals surface area (Å²) in [6.45, 7) is 1.90. The highest BCUT2D eigenvalue weighted by molar-refractivity contribution is 5.87. The molecule has 0 saturated carbocycles. The molecule has 212 valence electrons. The molecule has 0 radical (unpaired) electrons. The van der Waals surface area contributed by atoms with E-state index in [0.717, 1.165) is 5.56 Å². The highest BCUT2D eigenvalue weighted by Crippen LogP contribution is 2.45. The monoisotopic (exact) mass is 566 g/mol. The first kappa shape index (κ1) is 28.4. The van der Waals surface area contributed by atoms with Crippen LogP contribution in [0.1, 0.15) is 58.8 Å². The Morgan fingerprint density at radius 3 is 2.35 bits per heavy atom. The number of carboxylic acid groups (broad SMARTS) is 1. The lowest BCUT2D eigenvalue weighted by Crippen LogP contribution is -2.35. The largest absolute Gasteiger partial charge is 0.497 e. The van der Waals surface area contributed by atoms with E-state index in [-0.39, 0.29) is 12.4 Å². The third kappa shape index (κ3) is 5.72. The van der Waals surface area contributed by atoms with Crippen molar-refractivity contribution in [2.45, 2.75) is 44.4 Å². The lowest BCUT2D eigenvalue weighted by Gasteiger charge is -2.19. The number of nitrogens with zero attached hydrogens (tertiary/aromatic N) is 4. The number of H-pyrrole nitrogens is 2. The number of tetrazole rings is 1. The van der Waals surface area contributed by atoms with Crippen molar-refractivity contribution >= 4 is 5.97 Å². The summed E-state index contributed by atoms with van der Waals surface area (Å²) in [5, 5.41) is 23.2. The summed E-state index contributed by atoms with van der Waals surface area (Å²) in [5.74, 6) is -7.17. The number of imidazole rings is 1. The number of carbonyl (C=O) groups is 1. The molecule has 4 aromatic rings. The zero-order chi connectivity index (χ0) is 29.1. The number of ether oxygens (including phenoxy) is 2. The molecule has 4 rings (SSSR count). The van der Waals surface area contributed by atoms with E-state index in [1.54, 1.807) is 49.4 Å². The summed E-state index contributed by atoms with van der Waals surface area (Å²) in [6, 6.07) is 11.7. The van der Waals surface area contributed by atoms with Gasteiger partial charge in [-0.2, -0.15) is 27.2 Å². The Labute approximate surface area is 223 Å². The Hall–Kier alpha value is -4.56. The molecule has 1 unspecified atom stereocenters. The Morgan fingerprint density at radius 2 is 1.77 bits per heavy atom. The van der Waals surface area contributed by atoms with Gasteiger partial charge in [0.05, 0.1) is 7.11 Å². The summed E-state index contributed by atoms with van der Waals surface area (Å²) in [4.78, 5) is 17.1. The van der Waals surface area contributed by atoms with Crippen LogP contribution in [0.25, 0.3) is 11.4 Å². The number of nitrogens with one attached hydrogen (secondary N) is 2. The molecule has 3 N–H and O–H groups in total. The van der Waals surface area contributed by atoms with E-state index < -0.39 is 35.4 Å². The number of benzene rings is 2. The molecule has 0 spiro atoms. The molecule has 40 heavy (non-hydrogen) atoms. The summed E-state index contributed by atoms with van der Waals surface area (Å²) in [5.41, 5.74) is -1.31. The number of rotatable bonds is 11. The maximum Gasteiger partial charge on any atom is 0.459 e. The van der Waals surface area contributed by atoms with E-state index >= 15 is 0 Å². The van der Waals surface area contributed by atoms with Gasteiger partial charge >= 0.3 is 18.1 Å². The van der Waals surface area contributed by atoms with E-state index in [1.807, 2.05) is 4.98 Å². The van der Waals surface area contributed by atoms with Crippen molar-refractivity contribution < 1.29 is 41.3 Å². The van der Waals surface area contributed by atoms with Crippen molar-refractivity contribution in [1.29, 1.82) is 0 Å². The third-order valence-electron chi connectivity index (χ3n) is 6.08. The van der Waals surface area contributed by atoms with Crippen molar-refractivity contribution in [2.24, 2.45) is 0 Å². The first-order valence-corrected chi connectivity index (χ1v) is 11.9. The summed E-state index contributed by atoms with van der Waals surface area (Å²) < 4.78 is 78.3. The maximum atomic E-state index is 14.1.